The smallest absolute Gasteiger partial charge is 0.247 e. The molecule has 1 heterocycles. The highest BCUT2D eigenvalue weighted by molar-refractivity contribution is 6.00. The van der Waals surface area contributed by atoms with Crippen molar-refractivity contribution in [2.75, 3.05) is 26.0 Å². The average molecular weight is 374 g/mol. The van der Waals surface area contributed by atoms with Crippen LogP contribution in [0, 0.1) is 6.92 Å². The maximum absolute atomic E-state index is 11.7. The van der Waals surface area contributed by atoms with Gasteiger partial charge in [-0.2, -0.15) is 0 Å². The second-order valence-corrected chi connectivity index (χ2v) is 7.24. The molecule has 2 N–H and O–H groups in total. The van der Waals surface area contributed by atoms with Crippen LogP contribution >= 0.6 is 0 Å². The molecule has 0 saturated heterocycles. The third kappa shape index (κ3) is 4.59. The van der Waals surface area contributed by atoms with Crippen LogP contribution in [0.1, 0.15) is 11.1 Å². The summed E-state index contributed by atoms with van der Waals surface area (Å²) in [5, 5.41) is 2.88. The molecule has 4 heteroatoms. The molecular formula is C24H27N3O. The lowest BCUT2D eigenvalue weighted by Gasteiger charge is -2.12. The minimum Gasteiger partial charge on any atom is -0.361 e. The molecule has 0 radical (unpaired) electrons. The number of aryl methyl sites for hydroxylation is 1. The van der Waals surface area contributed by atoms with Crippen molar-refractivity contribution < 1.29 is 4.79 Å². The number of rotatable bonds is 7. The van der Waals surface area contributed by atoms with Crippen LogP contribution in [-0.2, 0) is 11.2 Å². The monoisotopic (exact) mass is 373 g/mol. The molecule has 0 bridgehead atoms. The predicted octanol–water partition coefficient (Wildman–Crippen LogP) is 4.89. The summed E-state index contributed by atoms with van der Waals surface area (Å²) in [6.07, 6.45) is 4.27. The van der Waals surface area contributed by atoms with Crippen LogP contribution in [0.25, 0.3) is 22.4 Å². The van der Waals surface area contributed by atoms with Crippen molar-refractivity contribution in [1.82, 2.24) is 9.88 Å². The summed E-state index contributed by atoms with van der Waals surface area (Å²) >= 11 is 0. The summed E-state index contributed by atoms with van der Waals surface area (Å²) in [6, 6.07) is 16.9. The van der Waals surface area contributed by atoms with Crippen molar-refractivity contribution in [3.63, 3.8) is 0 Å². The number of benzene rings is 2. The van der Waals surface area contributed by atoms with Crippen LogP contribution in [0.2, 0.25) is 0 Å². The van der Waals surface area contributed by atoms with Crippen LogP contribution in [0.15, 0.2) is 67.4 Å². The normalized spacial score (nSPS) is 10.9. The van der Waals surface area contributed by atoms with Gasteiger partial charge in [0.05, 0.1) is 5.69 Å². The van der Waals surface area contributed by atoms with Crippen LogP contribution < -0.4 is 5.32 Å². The Hall–Kier alpha value is -3.11. The highest BCUT2D eigenvalue weighted by Gasteiger charge is 2.11. The fourth-order valence-electron chi connectivity index (χ4n) is 3.15. The van der Waals surface area contributed by atoms with Crippen molar-refractivity contribution in [1.29, 1.82) is 0 Å². The van der Waals surface area contributed by atoms with Gasteiger partial charge >= 0.3 is 0 Å². The number of amides is 1. The van der Waals surface area contributed by atoms with E-state index in [1.165, 1.54) is 11.6 Å². The Kier molecular flexibility index (Phi) is 6.12. The molecule has 3 aromatic rings. The van der Waals surface area contributed by atoms with Crippen LogP contribution in [-0.4, -0.2) is 36.4 Å². The van der Waals surface area contributed by atoms with E-state index in [0.29, 0.717) is 0 Å². The van der Waals surface area contributed by atoms with Crippen LogP contribution in [0.4, 0.5) is 5.69 Å². The lowest BCUT2D eigenvalue weighted by molar-refractivity contribution is -0.111. The van der Waals surface area contributed by atoms with Gasteiger partial charge in [-0.05, 0) is 67.9 Å². The highest BCUT2D eigenvalue weighted by Crippen LogP contribution is 2.33. The maximum atomic E-state index is 11.7. The molecule has 0 aliphatic rings. The largest absolute Gasteiger partial charge is 0.361 e. The number of nitrogens with one attached hydrogen (secondary N) is 2. The maximum Gasteiger partial charge on any atom is 0.247 e. The molecule has 0 saturated carbocycles. The van der Waals surface area contributed by atoms with Gasteiger partial charge in [0.25, 0.3) is 0 Å². The number of anilines is 1. The van der Waals surface area contributed by atoms with Gasteiger partial charge in [-0.15, -0.1) is 0 Å². The topological polar surface area (TPSA) is 48.1 Å². The van der Waals surface area contributed by atoms with E-state index in [-0.39, 0.29) is 5.91 Å². The molecule has 1 amide bonds. The van der Waals surface area contributed by atoms with E-state index < -0.39 is 0 Å². The van der Waals surface area contributed by atoms with Gasteiger partial charge in [-0.25, -0.2) is 0 Å². The van der Waals surface area contributed by atoms with E-state index in [1.807, 2.05) is 25.3 Å². The second-order valence-electron chi connectivity index (χ2n) is 7.24. The second kappa shape index (κ2) is 8.72. The molecule has 0 atom stereocenters. The first kappa shape index (κ1) is 19.6. The Morgan fingerprint density at radius 2 is 1.82 bits per heavy atom. The summed E-state index contributed by atoms with van der Waals surface area (Å²) in [4.78, 5) is 17.3. The Balaban J connectivity index is 1.89. The number of carbonyl (C=O) groups is 1. The van der Waals surface area contributed by atoms with E-state index in [1.54, 1.807) is 0 Å². The number of hydrogen-bond acceptors (Lipinski definition) is 2. The van der Waals surface area contributed by atoms with Crippen molar-refractivity contribution in [2.45, 2.75) is 13.3 Å². The number of aromatic amines is 1. The number of nitrogens with zero attached hydrogens (tertiary/aromatic N) is 1. The molecule has 0 aliphatic heterocycles. The third-order valence-electron chi connectivity index (χ3n) is 4.83. The first-order chi connectivity index (χ1) is 13.5. The summed E-state index contributed by atoms with van der Waals surface area (Å²) in [7, 11) is 4.18. The molecule has 0 spiro atoms. The van der Waals surface area contributed by atoms with E-state index in [4.69, 9.17) is 0 Å². The number of carbonyl (C=O) groups excluding carboxylic acids is 1. The molecular weight excluding hydrogens is 346 g/mol. The van der Waals surface area contributed by atoms with Crippen molar-refractivity contribution >= 4 is 11.6 Å². The SMILES string of the molecule is C=CC(=O)Nc1cc(-c2cc[nH]c2-c2ccc(CCN(C)C)cc2)ccc1C. The summed E-state index contributed by atoms with van der Waals surface area (Å²) in [5.74, 6) is -0.206. The number of H-pyrrole nitrogens is 1. The molecule has 28 heavy (non-hydrogen) atoms. The summed E-state index contributed by atoms with van der Waals surface area (Å²) in [6.45, 7) is 6.54. The molecule has 4 nitrogen and oxygen atoms in total. The number of likely N-dealkylation sites (N-methyl/N-ethyl adjacent to an activating group) is 1. The molecule has 144 valence electrons. The van der Waals surface area contributed by atoms with E-state index in [9.17, 15) is 4.79 Å². The van der Waals surface area contributed by atoms with E-state index in [2.05, 4.69) is 72.3 Å². The van der Waals surface area contributed by atoms with Gasteiger partial charge in [-0.1, -0.05) is 43.0 Å². The van der Waals surface area contributed by atoms with Gasteiger partial charge in [0.15, 0.2) is 0 Å². The van der Waals surface area contributed by atoms with Gasteiger partial charge < -0.3 is 15.2 Å². The molecule has 1 aromatic heterocycles. The predicted molar refractivity (Wildman–Crippen MR) is 117 cm³/mol. The van der Waals surface area contributed by atoms with Crippen molar-refractivity contribution in [3.05, 3.63) is 78.5 Å². The van der Waals surface area contributed by atoms with Crippen molar-refractivity contribution in [2.24, 2.45) is 0 Å². The Labute approximate surface area is 166 Å². The summed E-state index contributed by atoms with van der Waals surface area (Å²) < 4.78 is 0. The first-order valence-corrected chi connectivity index (χ1v) is 9.44. The Morgan fingerprint density at radius 1 is 1.11 bits per heavy atom. The first-order valence-electron chi connectivity index (χ1n) is 9.44. The standard InChI is InChI=1S/C24H27N3O/c1-5-23(28)26-22-16-20(9-6-17(22)2)21-12-14-25-24(21)19-10-7-18(8-11-19)13-15-27(3)4/h5-12,14,16,25H,1,13,15H2,2-4H3,(H,26,28). The molecule has 0 fully saturated rings. The van der Waals surface area contributed by atoms with Gasteiger partial charge in [0.1, 0.15) is 0 Å². The highest BCUT2D eigenvalue weighted by atomic mass is 16.1. The van der Waals surface area contributed by atoms with Gasteiger partial charge in [0.2, 0.25) is 5.91 Å². The average Bonchev–Trinajstić information content (AvgIpc) is 3.18. The minimum atomic E-state index is -0.206. The zero-order chi connectivity index (χ0) is 20.1. The molecule has 0 aliphatic carbocycles. The molecule has 3 rings (SSSR count). The van der Waals surface area contributed by atoms with Crippen LogP contribution in [0.5, 0.6) is 0 Å². The van der Waals surface area contributed by atoms with E-state index >= 15 is 0 Å². The quantitative estimate of drug-likeness (QED) is 0.580. The van der Waals surface area contributed by atoms with Gasteiger partial charge in [-0.3, -0.25) is 4.79 Å². The third-order valence-corrected chi connectivity index (χ3v) is 4.83. The van der Waals surface area contributed by atoms with Crippen LogP contribution in [0.3, 0.4) is 0 Å². The van der Waals surface area contributed by atoms with Gasteiger partial charge in [0, 0.05) is 24.0 Å². The zero-order valence-electron chi connectivity index (χ0n) is 16.8. The summed E-state index contributed by atoms with van der Waals surface area (Å²) in [5.41, 5.74) is 7.52. The minimum absolute atomic E-state index is 0.206. The fourth-order valence-corrected chi connectivity index (χ4v) is 3.15. The zero-order valence-corrected chi connectivity index (χ0v) is 16.8. The van der Waals surface area contributed by atoms with Crippen molar-refractivity contribution in [3.8, 4) is 22.4 Å². The fraction of sp³-hybridized carbons (Fsp3) is 0.208. The molecule has 2 aromatic carbocycles. The lowest BCUT2D eigenvalue weighted by Crippen LogP contribution is -2.14. The lowest BCUT2D eigenvalue weighted by atomic mass is 9.98. The number of aromatic nitrogens is 1. The van der Waals surface area contributed by atoms with E-state index in [0.717, 1.165) is 46.6 Å². The molecule has 0 unspecified atom stereocenters. The Morgan fingerprint density at radius 3 is 2.50 bits per heavy atom. The number of hydrogen-bond donors (Lipinski definition) is 2. The Bertz CT molecular complexity index is 968.